The Balaban J connectivity index is 2.28. The van der Waals surface area contributed by atoms with Gasteiger partial charge in [-0.05, 0) is 47.7 Å². The summed E-state index contributed by atoms with van der Waals surface area (Å²) < 4.78 is 3.16. The molecule has 1 aliphatic rings. The lowest BCUT2D eigenvalue weighted by atomic mass is 10.0. The molecule has 0 spiro atoms. The van der Waals surface area contributed by atoms with Crippen molar-refractivity contribution in [1.29, 1.82) is 0 Å². The van der Waals surface area contributed by atoms with E-state index in [9.17, 15) is 0 Å². The molecule has 2 aromatic rings. The van der Waals surface area contributed by atoms with Crippen LogP contribution >= 0.6 is 12.2 Å². The zero-order valence-electron chi connectivity index (χ0n) is 11.7. The fraction of sp³-hybridized carbons (Fsp3) is 0.533. The molecule has 0 saturated heterocycles. The van der Waals surface area contributed by atoms with Crippen LogP contribution in [0.4, 0.5) is 0 Å². The molecule has 0 atom stereocenters. The number of aromatic nitrogens is 2. The molecule has 1 aromatic heterocycles. The number of aryl methyl sites for hydroxylation is 1. The zero-order chi connectivity index (χ0) is 13.3. The third-order valence-corrected chi connectivity index (χ3v) is 5.37. The van der Waals surface area contributed by atoms with Gasteiger partial charge in [-0.15, -0.1) is 0 Å². The molecule has 0 bridgehead atoms. The van der Waals surface area contributed by atoms with E-state index in [1.54, 1.807) is 0 Å². The zero-order valence-corrected chi connectivity index (χ0v) is 12.5. The Morgan fingerprint density at radius 2 is 1.78 bits per heavy atom. The van der Waals surface area contributed by atoms with E-state index in [0.717, 1.165) is 10.3 Å². The van der Waals surface area contributed by atoms with Gasteiger partial charge < -0.3 is 9.55 Å². The first-order chi connectivity index (χ1) is 8.26. The van der Waals surface area contributed by atoms with Gasteiger partial charge in [-0.1, -0.05) is 33.8 Å². The van der Waals surface area contributed by atoms with Crippen LogP contribution in [0.15, 0.2) is 18.2 Å². The van der Waals surface area contributed by atoms with Crippen LogP contribution in [0, 0.1) is 22.5 Å². The Morgan fingerprint density at radius 1 is 1.17 bits per heavy atom. The third kappa shape index (κ3) is 1.31. The molecule has 3 heteroatoms. The average molecular weight is 260 g/mol. The quantitative estimate of drug-likeness (QED) is 0.742. The van der Waals surface area contributed by atoms with Gasteiger partial charge in [-0.2, -0.15) is 0 Å². The van der Waals surface area contributed by atoms with Crippen LogP contribution in [0.2, 0.25) is 0 Å². The van der Waals surface area contributed by atoms with Crippen molar-refractivity contribution in [2.45, 2.75) is 40.7 Å². The minimum Gasteiger partial charge on any atom is -0.331 e. The molecule has 1 N–H and O–H groups in total. The molecule has 0 amide bonds. The predicted octanol–water partition coefficient (Wildman–Crippen LogP) is 4.61. The third-order valence-electron chi connectivity index (χ3n) is 5.08. The maximum atomic E-state index is 5.53. The van der Waals surface area contributed by atoms with Crippen LogP contribution in [0.25, 0.3) is 11.0 Å². The van der Waals surface area contributed by atoms with Gasteiger partial charge in [-0.25, -0.2) is 0 Å². The summed E-state index contributed by atoms with van der Waals surface area (Å²) in [4.78, 5) is 3.33. The maximum Gasteiger partial charge on any atom is 0.178 e. The number of hydrogen-bond donors (Lipinski definition) is 1. The summed E-state index contributed by atoms with van der Waals surface area (Å²) in [7, 11) is 0. The number of fused-ring (bicyclic) bond motifs is 1. The Kier molecular flexibility index (Phi) is 2.17. The molecule has 3 rings (SSSR count). The summed E-state index contributed by atoms with van der Waals surface area (Å²) in [6.45, 7) is 11.4. The van der Waals surface area contributed by atoms with Gasteiger partial charge in [0.05, 0.1) is 11.0 Å². The number of benzene rings is 1. The highest BCUT2D eigenvalue weighted by atomic mass is 32.1. The van der Waals surface area contributed by atoms with E-state index in [4.69, 9.17) is 12.2 Å². The molecule has 18 heavy (non-hydrogen) atoms. The topological polar surface area (TPSA) is 20.7 Å². The number of aromatic amines is 1. The van der Waals surface area contributed by atoms with Crippen molar-refractivity contribution in [2.24, 2.45) is 10.8 Å². The van der Waals surface area contributed by atoms with Crippen LogP contribution in [0.1, 0.15) is 39.3 Å². The van der Waals surface area contributed by atoms with E-state index in [1.165, 1.54) is 11.1 Å². The molecule has 1 fully saturated rings. The average Bonchev–Trinajstić information content (AvgIpc) is 2.53. The van der Waals surface area contributed by atoms with Crippen LogP contribution in [-0.2, 0) is 0 Å². The van der Waals surface area contributed by atoms with Crippen molar-refractivity contribution in [1.82, 2.24) is 9.55 Å². The van der Waals surface area contributed by atoms with Gasteiger partial charge in [0, 0.05) is 6.04 Å². The highest BCUT2D eigenvalue weighted by Crippen LogP contribution is 2.71. The van der Waals surface area contributed by atoms with Gasteiger partial charge in [0.15, 0.2) is 4.77 Å². The number of hydrogen-bond acceptors (Lipinski definition) is 1. The SMILES string of the molecule is Cc1ccc2[nH]c(=S)n(C3C(C)(C)C3(C)C)c2c1. The van der Waals surface area contributed by atoms with Crippen LogP contribution < -0.4 is 0 Å². The molecule has 0 aliphatic heterocycles. The van der Waals surface area contributed by atoms with E-state index in [2.05, 4.69) is 62.4 Å². The van der Waals surface area contributed by atoms with Crippen LogP contribution in [-0.4, -0.2) is 9.55 Å². The lowest BCUT2D eigenvalue weighted by molar-refractivity contribution is 0.457. The number of nitrogens with one attached hydrogen (secondary N) is 1. The Morgan fingerprint density at radius 3 is 2.33 bits per heavy atom. The molecular weight excluding hydrogens is 240 g/mol. The molecule has 96 valence electrons. The van der Waals surface area contributed by atoms with Crippen molar-refractivity contribution >= 4 is 23.3 Å². The number of nitrogens with zero attached hydrogens (tertiary/aromatic N) is 1. The summed E-state index contributed by atoms with van der Waals surface area (Å²) in [5, 5.41) is 0. The van der Waals surface area contributed by atoms with Gasteiger partial charge in [0.1, 0.15) is 0 Å². The molecule has 0 radical (unpaired) electrons. The molecule has 2 nitrogen and oxygen atoms in total. The summed E-state index contributed by atoms with van der Waals surface area (Å²) in [6.07, 6.45) is 0. The molecular formula is C15H20N2S. The molecule has 0 unspecified atom stereocenters. The van der Waals surface area contributed by atoms with Crippen molar-refractivity contribution in [3.8, 4) is 0 Å². The smallest absolute Gasteiger partial charge is 0.178 e. The van der Waals surface area contributed by atoms with Crippen LogP contribution in [0.5, 0.6) is 0 Å². The summed E-state index contributed by atoms with van der Waals surface area (Å²) >= 11 is 5.53. The first-order valence-corrected chi connectivity index (χ1v) is 6.88. The van der Waals surface area contributed by atoms with Crippen molar-refractivity contribution in [2.75, 3.05) is 0 Å². The fourth-order valence-electron chi connectivity index (χ4n) is 3.29. The standard InChI is InChI=1S/C15H20N2S/c1-9-6-7-10-11(8-9)17(13(18)16-10)12-14(2,3)15(12,4)5/h6-8,12H,1-5H3,(H,16,18). The van der Waals surface area contributed by atoms with E-state index >= 15 is 0 Å². The maximum absolute atomic E-state index is 5.53. The summed E-state index contributed by atoms with van der Waals surface area (Å²) in [5.41, 5.74) is 4.25. The van der Waals surface area contributed by atoms with Gasteiger partial charge in [0.2, 0.25) is 0 Å². The summed E-state index contributed by atoms with van der Waals surface area (Å²) in [5.74, 6) is 0. The number of H-pyrrole nitrogens is 1. The lowest BCUT2D eigenvalue weighted by Crippen LogP contribution is -2.00. The van der Waals surface area contributed by atoms with Crippen molar-refractivity contribution in [3.63, 3.8) is 0 Å². The van der Waals surface area contributed by atoms with Crippen LogP contribution in [0.3, 0.4) is 0 Å². The molecule has 1 heterocycles. The number of rotatable bonds is 1. The van der Waals surface area contributed by atoms with Gasteiger partial charge in [0.25, 0.3) is 0 Å². The lowest BCUT2D eigenvalue weighted by Gasteiger charge is -2.07. The largest absolute Gasteiger partial charge is 0.331 e. The minimum atomic E-state index is 0.296. The van der Waals surface area contributed by atoms with Gasteiger partial charge >= 0.3 is 0 Å². The second-order valence-corrected chi connectivity index (χ2v) is 7.05. The first-order valence-electron chi connectivity index (χ1n) is 6.47. The Bertz CT molecular complexity index is 674. The first kappa shape index (κ1) is 12.0. The monoisotopic (exact) mass is 260 g/mol. The second kappa shape index (κ2) is 3.27. The Hall–Kier alpha value is -1.09. The van der Waals surface area contributed by atoms with E-state index in [1.807, 2.05) is 0 Å². The molecule has 1 aliphatic carbocycles. The molecule has 1 aromatic carbocycles. The van der Waals surface area contributed by atoms with Crippen molar-refractivity contribution in [3.05, 3.63) is 28.5 Å². The fourth-order valence-corrected chi connectivity index (χ4v) is 3.61. The number of imidazole rings is 1. The second-order valence-electron chi connectivity index (χ2n) is 6.67. The minimum absolute atomic E-state index is 0.296. The molecule has 1 saturated carbocycles. The van der Waals surface area contributed by atoms with Gasteiger partial charge in [-0.3, -0.25) is 0 Å². The van der Waals surface area contributed by atoms with E-state index < -0.39 is 0 Å². The van der Waals surface area contributed by atoms with E-state index in [-0.39, 0.29) is 0 Å². The normalized spacial score (nSPS) is 21.4. The van der Waals surface area contributed by atoms with E-state index in [0.29, 0.717) is 16.9 Å². The van der Waals surface area contributed by atoms with Crippen molar-refractivity contribution < 1.29 is 0 Å². The Labute approximate surface area is 113 Å². The summed E-state index contributed by atoms with van der Waals surface area (Å²) in [6, 6.07) is 6.96. The highest BCUT2D eigenvalue weighted by Gasteiger charge is 2.66. The predicted molar refractivity (Wildman–Crippen MR) is 78.5 cm³/mol. The highest BCUT2D eigenvalue weighted by molar-refractivity contribution is 7.71.